The average Bonchev–Trinajstić information content (AvgIpc) is 2.47. The Morgan fingerprint density at radius 2 is 1.40 bits per heavy atom. The summed E-state index contributed by atoms with van der Waals surface area (Å²) in [6, 6.07) is 0. The van der Waals surface area contributed by atoms with E-state index < -0.39 is 0 Å². The van der Waals surface area contributed by atoms with Gasteiger partial charge in [-0.3, -0.25) is 4.79 Å². The fraction of sp³-hybridized carbons (Fsp3) is 0.944. The summed E-state index contributed by atoms with van der Waals surface area (Å²) in [5.41, 5.74) is 0. The number of rotatable bonds is 13. The largest absolute Gasteiger partial charge is 0.465 e. The van der Waals surface area contributed by atoms with Crippen molar-refractivity contribution >= 4 is 5.97 Å². The van der Waals surface area contributed by atoms with Crippen molar-refractivity contribution in [1.82, 2.24) is 0 Å². The van der Waals surface area contributed by atoms with E-state index in [4.69, 9.17) is 4.74 Å². The Morgan fingerprint density at radius 3 is 1.90 bits per heavy atom. The summed E-state index contributed by atoms with van der Waals surface area (Å²) >= 11 is 0. The van der Waals surface area contributed by atoms with Crippen molar-refractivity contribution in [2.75, 3.05) is 6.61 Å². The van der Waals surface area contributed by atoms with Gasteiger partial charge in [-0.1, -0.05) is 72.6 Å². The van der Waals surface area contributed by atoms with Crippen molar-refractivity contribution in [3.05, 3.63) is 0 Å². The molecule has 0 saturated carbocycles. The summed E-state index contributed by atoms with van der Waals surface area (Å²) < 4.78 is 5.45. The number of hydrogen-bond donors (Lipinski definition) is 0. The third-order valence-electron chi connectivity index (χ3n) is 4.32. The molecule has 0 aliphatic carbocycles. The normalized spacial score (nSPS) is 14.0. The van der Waals surface area contributed by atoms with Crippen LogP contribution < -0.4 is 0 Å². The van der Waals surface area contributed by atoms with E-state index in [-0.39, 0.29) is 5.97 Å². The Balaban J connectivity index is 3.80. The lowest BCUT2D eigenvalue weighted by Crippen LogP contribution is -2.14. The number of hydrogen-bond acceptors (Lipinski definition) is 2. The molecule has 0 aliphatic rings. The van der Waals surface area contributed by atoms with Crippen molar-refractivity contribution in [3.63, 3.8) is 0 Å². The van der Waals surface area contributed by atoms with Gasteiger partial charge in [-0.2, -0.15) is 0 Å². The highest BCUT2D eigenvalue weighted by atomic mass is 16.5. The van der Waals surface area contributed by atoms with E-state index in [1.807, 2.05) is 0 Å². The monoisotopic (exact) mass is 284 g/mol. The van der Waals surface area contributed by atoms with Crippen LogP contribution in [-0.2, 0) is 9.53 Å². The summed E-state index contributed by atoms with van der Waals surface area (Å²) in [6.07, 6.45) is 11.3. The van der Waals surface area contributed by atoms with Crippen LogP contribution in [0.15, 0.2) is 0 Å². The van der Waals surface area contributed by atoms with Crippen molar-refractivity contribution in [1.29, 1.82) is 0 Å². The van der Waals surface area contributed by atoms with Crippen LogP contribution in [0.2, 0.25) is 0 Å². The molecular weight excluding hydrogens is 248 g/mol. The van der Waals surface area contributed by atoms with Gasteiger partial charge in [-0.15, -0.1) is 0 Å². The molecular formula is C18H36O2. The van der Waals surface area contributed by atoms with Crippen LogP contribution in [0.3, 0.4) is 0 Å². The molecule has 2 atom stereocenters. The van der Waals surface area contributed by atoms with Crippen LogP contribution in [0, 0.1) is 11.8 Å². The molecule has 2 heteroatoms. The molecule has 0 fully saturated rings. The minimum absolute atomic E-state index is 0.00916. The van der Waals surface area contributed by atoms with Gasteiger partial charge in [0.25, 0.3) is 0 Å². The van der Waals surface area contributed by atoms with Gasteiger partial charge >= 0.3 is 5.97 Å². The molecule has 2 nitrogen and oxygen atoms in total. The van der Waals surface area contributed by atoms with Gasteiger partial charge in [0.1, 0.15) is 0 Å². The Morgan fingerprint density at radius 1 is 0.850 bits per heavy atom. The Kier molecular flexibility index (Phi) is 13.1. The lowest BCUT2D eigenvalue weighted by atomic mass is 9.94. The highest BCUT2D eigenvalue weighted by Crippen LogP contribution is 2.19. The third-order valence-corrected chi connectivity index (χ3v) is 4.32. The second-order valence-electron chi connectivity index (χ2n) is 6.05. The topological polar surface area (TPSA) is 26.3 Å². The van der Waals surface area contributed by atoms with Crippen LogP contribution in [0.25, 0.3) is 0 Å². The summed E-state index contributed by atoms with van der Waals surface area (Å²) in [7, 11) is 0. The molecule has 120 valence electrons. The average molecular weight is 284 g/mol. The smallest absolute Gasteiger partial charge is 0.305 e. The maximum atomic E-state index is 11.8. The van der Waals surface area contributed by atoms with E-state index in [0.717, 1.165) is 12.8 Å². The molecule has 0 N–H and O–H groups in total. The van der Waals surface area contributed by atoms with E-state index >= 15 is 0 Å². The summed E-state index contributed by atoms with van der Waals surface area (Å²) in [5, 5.41) is 0. The predicted molar refractivity (Wildman–Crippen MR) is 86.8 cm³/mol. The first-order chi connectivity index (χ1) is 9.67. The van der Waals surface area contributed by atoms with Gasteiger partial charge in [0.2, 0.25) is 0 Å². The van der Waals surface area contributed by atoms with Gasteiger partial charge in [-0.25, -0.2) is 0 Å². The minimum atomic E-state index is 0.00916. The van der Waals surface area contributed by atoms with E-state index in [2.05, 4.69) is 27.7 Å². The van der Waals surface area contributed by atoms with Gasteiger partial charge in [0.15, 0.2) is 0 Å². The van der Waals surface area contributed by atoms with Crippen molar-refractivity contribution in [2.24, 2.45) is 11.8 Å². The number of esters is 1. The number of ether oxygens (including phenoxy) is 1. The predicted octanol–water partition coefficient (Wildman–Crippen LogP) is 5.74. The zero-order valence-corrected chi connectivity index (χ0v) is 14.2. The molecule has 0 bridgehead atoms. The number of carbonyl (C=O) groups excluding carboxylic acids is 1. The van der Waals surface area contributed by atoms with Crippen molar-refractivity contribution in [3.8, 4) is 0 Å². The lowest BCUT2D eigenvalue weighted by Gasteiger charge is -2.16. The quantitative estimate of drug-likeness (QED) is 0.403. The van der Waals surface area contributed by atoms with Gasteiger partial charge < -0.3 is 4.74 Å². The Labute approximate surface area is 126 Å². The molecule has 2 unspecified atom stereocenters. The maximum Gasteiger partial charge on any atom is 0.305 e. The molecule has 0 aromatic rings. The van der Waals surface area contributed by atoms with E-state index in [1.165, 1.54) is 44.9 Å². The summed E-state index contributed by atoms with van der Waals surface area (Å²) in [6.45, 7) is 9.47. The minimum Gasteiger partial charge on any atom is -0.465 e. The van der Waals surface area contributed by atoms with E-state index in [9.17, 15) is 4.79 Å². The Hall–Kier alpha value is -0.530. The molecule has 0 amide bonds. The SMILES string of the molecule is CCCCC(CC)CCC(=O)OCC(CC)CCCC. The van der Waals surface area contributed by atoms with Crippen LogP contribution in [-0.4, -0.2) is 12.6 Å². The third kappa shape index (κ3) is 10.3. The van der Waals surface area contributed by atoms with Crippen LogP contribution >= 0.6 is 0 Å². The van der Waals surface area contributed by atoms with E-state index in [1.54, 1.807) is 0 Å². The zero-order valence-electron chi connectivity index (χ0n) is 14.2. The van der Waals surface area contributed by atoms with Gasteiger partial charge in [-0.05, 0) is 24.7 Å². The van der Waals surface area contributed by atoms with Crippen LogP contribution in [0.5, 0.6) is 0 Å². The molecule has 20 heavy (non-hydrogen) atoms. The fourth-order valence-electron chi connectivity index (χ4n) is 2.55. The van der Waals surface area contributed by atoms with Gasteiger partial charge in [0.05, 0.1) is 6.61 Å². The fourth-order valence-corrected chi connectivity index (χ4v) is 2.55. The molecule has 0 rings (SSSR count). The standard InChI is InChI=1S/C18H36O2/c1-5-9-11-16(7-3)13-14-18(19)20-15-17(8-4)12-10-6-2/h16-17H,5-15H2,1-4H3. The molecule has 0 spiro atoms. The first kappa shape index (κ1) is 19.5. The van der Waals surface area contributed by atoms with Gasteiger partial charge in [0, 0.05) is 6.42 Å². The molecule has 0 aliphatic heterocycles. The first-order valence-electron chi connectivity index (χ1n) is 8.83. The lowest BCUT2D eigenvalue weighted by molar-refractivity contribution is -0.145. The number of unbranched alkanes of at least 4 members (excludes halogenated alkanes) is 2. The summed E-state index contributed by atoms with van der Waals surface area (Å²) in [4.78, 5) is 11.8. The molecule has 0 aromatic carbocycles. The maximum absolute atomic E-state index is 11.8. The van der Waals surface area contributed by atoms with Crippen LogP contribution in [0.4, 0.5) is 0 Å². The number of carbonyl (C=O) groups is 1. The molecule has 0 aromatic heterocycles. The summed E-state index contributed by atoms with van der Waals surface area (Å²) in [5.74, 6) is 1.26. The second-order valence-corrected chi connectivity index (χ2v) is 6.05. The molecule has 0 radical (unpaired) electrons. The van der Waals surface area contributed by atoms with E-state index in [0.29, 0.717) is 24.9 Å². The second kappa shape index (κ2) is 13.5. The molecule has 0 heterocycles. The Bertz CT molecular complexity index is 203. The molecule has 0 saturated heterocycles. The van der Waals surface area contributed by atoms with Crippen LogP contribution in [0.1, 0.15) is 91.9 Å². The zero-order chi connectivity index (χ0) is 15.2. The first-order valence-corrected chi connectivity index (χ1v) is 8.83. The van der Waals surface area contributed by atoms with Crippen molar-refractivity contribution < 1.29 is 9.53 Å². The highest BCUT2D eigenvalue weighted by Gasteiger charge is 2.12. The van der Waals surface area contributed by atoms with Crippen molar-refractivity contribution in [2.45, 2.75) is 91.9 Å². The highest BCUT2D eigenvalue weighted by molar-refractivity contribution is 5.69.